The molecule has 0 bridgehead atoms. The average molecular weight is 289 g/mol. The molecule has 5 heteroatoms. The molecule has 0 radical (unpaired) electrons. The predicted octanol–water partition coefficient (Wildman–Crippen LogP) is 4.25. The molecule has 0 heterocycles. The number of ether oxygens (including phenoxy) is 1. The molecule has 0 aliphatic rings. The fourth-order valence-electron chi connectivity index (χ4n) is 1.88. The molecule has 0 aromatic heterocycles. The molecule has 0 spiro atoms. The number of hydrogen-bond acceptors (Lipinski definition) is 2. The Kier molecular flexibility index (Phi) is 5.45. The van der Waals surface area contributed by atoms with Gasteiger partial charge in [-0.3, -0.25) is 0 Å². The zero-order chi connectivity index (χ0) is 15.4. The minimum Gasteiger partial charge on any atom is -0.491 e. The third-order valence-corrected chi connectivity index (χ3v) is 3.10. The van der Waals surface area contributed by atoms with E-state index >= 15 is 0 Å². The summed E-state index contributed by atoms with van der Waals surface area (Å²) in [6, 6.07) is 6.08. The van der Waals surface area contributed by atoms with Crippen molar-refractivity contribution in [3.63, 3.8) is 0 Å². The third-order valence-electron chi connectivity index (χ3n) is 3.10. The van der Waals surface area contributed by atoms with Gasteiger partial charge >= 0.3 is 6.18 Å². The second-order valence-corrected chi connectivity index (χ2v) is 5.24. The highest BCUT2D eigenvalue weighted by atomic mass is 19.4. The highest BCUT2D eigenvalue weighted by molar-refractivity contribution is 5.33. The molecular weight excluding hydrogens is 267 g/mol. The second-order valence-electron chi connectivity index (χ2n) is 5.24. The van der Waals surface area contributed by atoms with Crippen LogP contribution in [-0.4, -0.2) is 18.8 Å². The van der Waals surface area contributed by atoms with Gasteiger partial charge in [0.05, 0.1) is 6.10 Å². The number of halogens is 3. The van der Waals surface area contributed by atoms with Gasteiger partial charge in [-0.15, -0.1) is 0 Å². The van der Waals surface area contributed by atoms with Gasteiger partial charge in [-0.2, -0.15) is 13.2 Å². The van der Waals surface area contributed by atoms with Crippen molar-refractivity contribution in [1.29, 1.82) is 0 Å². The van der Waals surface area contributed by atoms with Gasteiger partial charge in [-0.25, -0.2) is 0 Å². The van der Waals surface area contributed by atoms with Crippen LogP contribution in [0.5, 0.6) is 5.75 Å². The van der Waals surface area contributed by atoms with Crippen LogP contribution in [0.15, 0.2) is 24.3 Å². The summed E-state index contributed by atoms with van der Waals surface area (Å²) >= 11 is 0. The first-order valence-corrected chi connectivity index (χ1v) is 6.79. The molecule has 20 heavy (non-hydrogen) atoms. The van der Waals surface area contributed by atoms with Crippen molar-refractivity contribution in [2.75, 3.05) is 6.54 Å². The molecule has 0 saturated heterocycles. The van der Waals surface area contributed by atoms with E-state index in [1.807, 2.05) is 20.8 Å². The minimum atomic E-state index is -4.36. The maximum atomic E-state index is 13.3. The summed E-state index contributed by atoms with van der Waals surface area (Å²) in [7, 11) is 0. The van der Waals surface area contributed by atoms with Crippen LogP contribution in [0.4, 0.5) is 13.2 Å². The van der Waals surface area contributed by atoms with Crippen LogP contribution in [0.2, 0.25) is 0 Å². The van der Waals surface area contributed by atoms with Gasteiger partial charge in [0.1, 0.15) is 11.3 Å². The molecule has 0 aliphatic heterocycles. The summed E-state index contributed by atoms with van der Waals surface area (Å²) in [6.45, 7) is 7.05. The monoisotopic (exact) mass is 289 g/mol. The van der Waals surface area contributed by atoms with Crippen LogP contribution >= 0.6 is 0 Å². The van der Waals surface area contributed by atoms with Crippen LogP contribution in [0.1, 0.15) is 39.7 Å². The molecule has 0 saturated carbocycles. The highest BCUT2D eigenvalue weighted by Crippen LogP contribution is 2.39. The van der Waals surface area contributed by atoms with Crippen molar-refractivity contribution in [2.24, 2.45) is 0 Å². The predicted molar refractivity (Wildman–Crippen MR) is 73.9 cm³/mol. The molecule has 114 valence electrons. The quantitative estimate of drug-likeness (QED) is 0.845. The Morgan fingerprint density at radius 2 is 1.70 bits per heavy atom. The molecule has 2 nitrogen and oxygen atoms in total. The van der Waals surface area contributed by atoms with E-state index in [-0.39, 0.29) is 11.7 Å². The summed E-state index contributed by atoms with van der Waals surface area (Å²) in [6.07, 6.45) is -3.73. The van der Waals surface area contributed by atoms with E-state index in [2.05, 4.69) is 5.32 Å². The normalized spacial score (nSPS) is 15.2. The van der Waals surface area contributed by atoms with Crippen LogP contribution in [0.25, 0.3) is 0 Å². The van der Waals surface area contributed by atoms with Crippen molar-refractivity contribution < 1.29 is 17.9 Å². The number of rotatable bonds is 6. The maximum absolute atomic E-state index is 13.3. The molecule has 1 unspecified atom stereocenters. The lowest BCUT2D eigenvalue weighted by molar-refractivity contribution is -0.195. The van der Waals surface area contributed by atoms with Crippen LogP contribution in [-0.2, 0) is 5.54 Å². The Morgan fingerprint density at radius 3 is 2.10 bits per heavy atom. The molecule has 0 aliphatic carbocycles. The lowest BCUT2D eigenvalue weighted by Crippen LogP contribution is -2.51. The van der Waals surface area contributed by atoms with Crippen molar-refractivity contribution in [3.05, 3.63) is 29.8 Å². The first kappa shape index (κ1) is 16.8. The van der Waals surface area contributed by atoms with Gasteiger partial charge < -0.3 is 10.1 Å². The topological polar surface area (TPSA) is 21.3 Å². The standard InChI is InChI=1S/C15H22F3NO/c1-5-10-19-14(4,15(16,17)18)12-6-8-13(9-7-12)20-11(2)3/h6-9,11,19H,5,10H2,1-4H3. The van der Waals surface area contributed by atoms with Crippen LogP contribution in [0, 0.1) is 0 Å². The largest absolute Gasteiger partial charge is 0.491 e. The van der Waals surface area contributed by atoms with E-state index in [4.69, 9.17) is 4.74 Å². The molecule has 0 fully saturated rings. The third kappa shape index (κ3) is 3.88. The van der Waals surface area contributed by atoms with E-state index in [1.54, 1.807) is 12.1 Å². The first-order valence-electron chi connectivity index (χ1n) is 6.79. The zero-order valence-electron chi connectivity index (χ0n) is 12.3. The smallest absolute Gasteiger partial charge is 0.410 e. The van der Waals surface area contributed by atoms with Crippen molar-refractivity contribution in [1.82, 2.24) is 5.32 Å². The Bertz CT molecular complexity index is 414. The second kappa shape index (κ2) is 6.48. The molecule has 1 N–H and O–H groups in total. The molecule has 1 atom stereocenters. The Morgan fingerprint density at radius 1 is 1.15 bits per heavy atom. The first-order chi connectivity index (χ1) is 9.20. The van der Waals surface area contributed by atoms with E-state index in [9.17, 15) is 13.2 Å². The zero-order valence-corrected chi connectivity index (χ0v) is 12.3. The van der Waals surface area contributed by atoms with Gasteiger partial charge in [-0.1, -0.05) is 19.1 Å². The van der Waals surface area contributed by atoms with E-state index < -0.39 is 11.7 Å². The van der Waals surface area contributed by atoms with E-state index in [1.165, 1.54) is 19.1 Å². The molecule has 0 amide bonds. The maximum Gasteiger partial charge on any atom is 0.410 e. The van der Waals surface area contributed by atoms with Crippen LogP contribution in [0.3, 0.4) is 0 Å². The van der Waals surface area contributed by atoms with Gasteiger partial charge in [-0.05, 0) is 51.4 Å². The van der Waals surface area contributed by atoms with Crippen molar-refractivity contribution >= 4 is 0 Å². The Labute approximate surface area is 118 Å². The highest BCUT2D eigenvalue weighted by Gasteiger charge is 2.51. The summed E-state index contributed by atoms with van der Waals surface area (Å²) in [5, 5.41) is 2.60. The lowest BCUT2D eigenvalue weighted by Gasteiger charge is -2.33. The number of hydrogen-bond donors (Lipinski definition) is 1. The SMILES string of the molecule is CCCNC(C)(c1ccc(OC(C)C)cc1)C(F)(F)F. The minimum absolute atomic E-state index is 0.00642. The van der Waals surface area contributed by atoms with Crippen LogP contribution < -0.4 is 10.1 Å². The molecule has 1 aromatic carbocycles. The summed E-state index contributed by atoms with van der Waals surface area (Å²) in [4.78, 5) is 0. The lowest BCUT2D eigenvalue weighted by atomic mass is 9.91. The average Bonchev–Trinajstić information content (AvgIpc) is 2.34. The van der Waals surface area contributed by atoms with Crippen molar-refractivity contribution in [3.8, 4) is 5.75 Å². The van der Waals surface area contributed by atoms with E-state index in [0.717, 1.165) is 0 Å². The van der Waals surface area contributed by atoms with Gasteiger partial charge in [0.2, 0.25) is 0 Å². The Hall–Kier alpha value is -1.23. The number of nitrogens with one attached hydrogen (secondary N) is 1. The number of benzene rings is 1. The fraction of sp³-hybridized carbons (Fsp3) is 0.600. The number of alkyl halides is 3. The van der Waals surface area contributed by atoms with Gasteiger partial charge in [0.15, 0.2) is 0 Å². The van der Waals surface area contributed by atoms with Gasteiger partial charge in [0, 0.05) is 0 Å². The molecule has 1 rings (SSSR count). The summed E-state index contributed by atoms with van der Waals surface area (Å²) in [5.74, 6) is 0.573. The van der Waals surface area contributed by atoms with Gasteiger partial charge in [0.25, 0.3) is 0 Å². The van der Waals surface area contributed by atoms with E-state index in [0.29, 0.717) is 18.7 Å². The fourth-order valence-corrected chi connectivity index (χ4v) is 1.88. The Balaban J connectivity index is 3.03. The molecule has 1 aromatic rings. The summed E-state index contributed by atoms with van der Waals surface area (Å²) in [5.41, 5.74) is -1.85. The summed E-state index contributed by atoms with van der Waals surface area (Å²) < 4.78 is 45.4. The molecular formula is C15H22F3NO. The van der Waals surface area contributed by atoms with Crippen molar-refractivity contribution in [2.45, 2.75) is 51.9 Å².